The van der Waals surface area contributed by atoms with Crippen LogP contribution in [0.25, 0.3) is 0 Å². The van der Waals surface area contributed by atoms with Gasteiger partial charge in [0.1, 0.15) is 11.8 Å². The third-order valence-corrected chi connectivity index (χ3v) is 7.06. The number of halogens is 2. The van der Waals surface area contributed by atoms with Crippen LogP contribution in [0.15, 0.2) is 77.3 Å². The zero-order chi connectivity index (χ0) is 22.2. The maximum atomic E-state index is 13.6. The highest BCUT2D eigenvalue weighted by Gasteiger charge is 2.56. The second kappa shape index (κ2) is 8.87. The van der Waals surface area contributed by atoms with Crippen LogP contribution < -0.4 is 20.5 Å². The summed E-state index contributed by atoms with van der Waals surface area (Å²) < 4.78 is 6.57. The fourth-order valence-corrected chi connectivity index (χ4v) is 5.32. The molecule has 164 valence electrons. The van der Waals surface area contributed by atoms with Gasteiger partial charge >= 0.3 is 0 Å². The van der Waals surface area contributed by atoms with E-state index in [0.717, 1.165) is 27.0 Å². The first-order valence-electron chi connectivity index (χ1n) is 10.7. The molecule has 5 rings (SSSR count). The van der Waals surface area contributed by atoms with Crippen molar-refractivity contribution >= 4 is 39.1 Å². The fourth-order valence-electron chi connectivity index (χ4n) is 4.81. The lowest BCUT2D eigenvalue weighted by molar-refractivity contribution is -0.119. The van der Waals surface area contributed by atoms with Gasteiger partial charge in [0.15, 0.2) is 0 Å². The lowest BCUT2D eigenvalue weighted by atomic mass is 9.83. The Morgan fingerprint density at radius 1 is 0.969 bits per heavy atom. The van der Waals surface area contributed by atoms with E-state index in [0.29, 0.717) is 11.6 Å². The first-order chi connectivity index (χ1) is 15.6. The molecule has 3 aromatic rings. The van der Waals surface area contributed by atoms with E-state index in [2.05, 4.69) is 38.9 Å². The minimum absolute atomic E-state index is 0.0307. The highest BCUT2D eigenvalue weighted by molar-refractivity contribution is 9.10. The number of hydrogen-bond acceptors (Lipinski definition) is 4. The number of nitrogens with one attached hydrogen (secondary N) is 2. The molecule has 5 nitrogen and oxygen atoms in total. The Labute approximate surface area is 200 Å². The van der Waals surface area contributed by atoms with Crippen molar-refractivity contribution in [2.75, 3.05) is 11.5 Å². The Morgan fingerprint density at radius 2 is 1.66 bits per heavy atom. The summed E-state index contributed by atoms with van der Waals surface area (Å²) in [5, 5.41) is 0.658. The number of ether oxygens (including phenoxy) is 1. The number of rotatable bonds is 5. The first kappa shape index (κ1) is 21.5. The smallest absolute Gasteiger partial charge is 0.246 e. The molecule has 1 amide bonds. The van der Waals surface area contributed by atoms with Crippen molar-refractivity contribution in [3.63, 3.8) is 0 Å². The van der Waals surface area contributed by atoms with Gasteiger partial charge in [-0.2, -0.15) is 0 Å². The van der Waals surface area contributed by atoms with Gasteiger partial charge in [0.25, 0.3) is 0 Å². The van der Waals surface area contributed by atoms with Crippen LogP contribution in [0.1, 0.15) is 30.1 Å². The first-order valence-corrected chi connectivity index (χ1v) is 11.8. The van der Waals surface area contributed by atoms with E-state index in [1.165, 1.54) is 0 Å². The number of benzene rings is 3. The molecule has 2 heterocycles. The Morgan fingerprint density at radius 3 is 2.34 bits per heavy atom. The van der Waals surface area contributed by atoms with Gasteiger partial charge in [-0.3, -0.25) is 4.79 Å². The fraction of sp³-hybridized carbons (Fsp3) is 0.240. The van der Waals surface area contributed by atoms with E-state index in [-0.39, 0.29) is 30.0 Å². The summed E-state index contributed by atoms with van der Waals surface area (Å²) in [5.41, 5.74) is 9.52. The molecule has 2 saturated heterocycles. The van der Waals surface area contributed by atoms with Crippen molar-refractivity contribution in [3.8, 4) is 5.75 Å². The molecule has 0 radical (unpaired) electrons. The van der Waals surface area contributed by atoms with Gasteiger partial charge in [0.2, 0.25) is 5.91 Å². The molecule has 0 aliphatic carbocycles. The normalized spacial score (nSPS) is 24.6. The molecule has 0 bridgehead atoms. The lowest BCUT2D eigenvalue weighted by Crippen LogP contribution is -2.41. The molecule has 2 aliphatic heterocycles. The van der Waals surface area contributed by atoms with Crippen molar-refractivity contribution in [2.24, 2.45) is 5.92 Å². The standard InChI is InChI=1S/C25H23BrClN3O2/c1-2-32-18-13-7-15(8-14-18)22-21-23(29-28-22)25(31)30(17-11-9-16(26)10-12-17)24(21)19-5-3-4-6-20(19)27/h3-14,21-24,28-29H,2H2,1H3. The lowest BCUT2D eigenvalue weighted by Gasteiger charge is -2.32. The van der Waals surface area contributed by atoms with Crippen LogP contribution in [0, 0.1) is 5.92 Å². The van der Waals surface area contributed by atoms with Crippen LogP contribution in [0.2, 0.25) is 5.02 Å². The van der Waals surface area contributed by atoms with E-state index in [1.807, 2.05) is 72.5 Å². The van der Waals surface area contributed by atoms with E-state index >= 15 is 0 Å². The molecular weight excluding hydrogens is 490 g/mol. The third kappa shape index (κ3) is 3.71. The SMILES string of the molecule is CCOc1ccc(C2NNC3C(=O)N(c4ccc(Br)cc4)C(c4ccccc4Cl)C32)cc1. The summed E-state index contributed by atoms with van der Waals surface area (Å²) in [5.74, 6) is 0.813. The Kier molecular flexibility index (Phi) is 5.95. The van der Waals surface area contributed by atoms with E-state index < -0.39 is 0 Å². The van der Waals surface area contributed by atoms with Crippen molar-refractivity contribution in [1.82, 2.24) is 10.9 Å². The molecule has 0 saturated carbocycles. The number of fused-ring (bicyclic) bond motifs is 1. The minimum atomic E-state index is -0.364. The molecule has 2 fully saturated rings. The number of carbonyl (C=O) groups is 1. The predicted octanol–water partition coefficient (Wildman–Crippen LogP) is 5.42. The predicted molar refractivity (Wildman–Crippen MR) is 130 cm³/mol. The van der Waals surface area contributed by atoms with Crippen LogP contribution in [0.4, 0.5) is 5.69 Å². The van der Waals surface area contributed by atoms with Crippen LogP contribution in [0.5, 0.6) is 5.75 Å². The molecule has 4 unspecified atom stereocenters. The average molecular weight is 513 g/mol. The van der Waals surface area contributed by atoms with E-state index in [9.17, 15) is 4.79 Å². The summed E-state index contributed by atoms with van der Waals surface area (Å²) in [6.45, 7) is 2.59. The number of nitrogens with zero attached hydrogens (tertiary/aromatic N) is 1. The average Bonchev–Trinajstić information content (AvgIpc) is 3.35. The van der Waals surface area contributed by atoms with Crippen LogP contribution in [0.3, 0.4) is 0 Å². The largest absolute Gasteiger partial charge is 0.494 e. The summed E-state index contributed by atoms with van der Waals surface area (Å²) >= 11 is 10.2. The highest BCUT2D eigenvalue weighted by Crippen LogP contribution is 2.50. The Bertz CT molecular complexity index is 1120. The van der Waals surface area contributed by atoms with Crippen LogP contribution in [-0.4, -0.2) is 18.6 Å². The highest BCUT2D eigenvalue weighted by atomic mass is 79.9. The Balaban J connectivity index is 1.59. The molecule has 2 aliphatic rings. The summed E-state index contributed by atoms with van der Waals surface area (Å²) in [7, 11) is 0. The van der Waals surface area contributed by atoms with Crippen molar-refractivity contribution < 1.29 is 9.53 Å². The number of amides is 1. The maximum absolute atomic E-state index is 13.6. The maximum Gasteiger partial charge on any atom is 0.246 e. The molecular formula is C25H23BrClN3O2. The monoisotopic (exact) mass is 511 g/mol. The zero-order valence-corrected chi connectivity index (χ0v) is 19.8. The van der Waals surface area contributed by atoms with Gasteiger partial charge in [-0.05, 0) is 60.5 Å². The number of carbonyl (C=O) groups excluding carboxylic acids is 1. The van der Waals surface area contributed by atoms with Gasteiger partial charge in [0, 0.05) is 21.1 Å². The summed E-state index contributed by atoms with van der Waals surface area (Å²) in [6, 6.07) is 23.0. The van der Waals surface area contributed by atoms with Crippen molar-refractivity contribution in [2.45, 2.75) is 25.0 Å². The van der Waals surface area contributed by atoms with Crippen LogP contribution >= 0.6 is 27.5 Å². The van der Waals surface area contributed by atoms with E-state index in [4.69, 9.17) is 16.3 Å². The zero-order valence-electron chi connectivity index (χ0n) is 17.5. The quantitative estimate of drug-likeness (QED) is 0.479. The van der Waals surface area contributed by atoms with Gasteiger partial charge < -0.3 is 9.64 Å². The van der Waals surface area contributed by atoms with Gasteiger partial charge in [-0.15, -0.1) is 0 Å². The second-order valence-corrected chi connectivity index (χ2v) is 9.30. The molecule has 7 heteroatoms. The second-order valence-electron chi connectivity index (χ2n) is 7.97. The van der Waals surface area contributed by atoms with Gasteiger partial charge in [0.05, 0.1) is 18.7 Å². The molecule has 0 spiro atoms. The van der Waals surface area contributed by atoms with Gasteiger partial charge in [-0.1, -0.05) is 57.9 Å². The molecule has 0 aromatic heterocycles. The molecule has 2 N–H and O–H groups in total. The summed E-state index contributed by atoms with van der Waals surface area (Å²) in [4.78, 5) is 15.5. The molecule has 4 atom stereocenters. The number of hydrazine groups is 1. The van der Waals surface area contributed by atoms with Crippen molar-refractivity contribution in [3.05, 3.63) is 93.4 Å². The number of anilines is 1. The summed E-state index contributed by atoms with van der Waals surface area (Å²) in [6.07, 6.45) is 0. The van der Waals surface area contributed by atoms with Gasteiger partial charge in [-0.25, -0.2) is 10.9 Å². The minimum Gasteiger partial charge on any atom is -0.494 e. The van der Waals surface area contributed by atoms with Crippen molar-refractivity contribution in [1.29, 1.82) is 0 Å². The van der Waals surface area contributed by atoms with E-state index in [1.54, 1.807) is 0 Å². The molecule has 32 heavy (non-hydrogen) atoms. The Hall–Kier alpha value is -2.38. The topological polar surface area (TPSA) is 53.6 Å². The number of hydrogen-bond donors (Lipinski definition) is 2. The van der Waals surface area contributed by atoms with Crippen LogP contribution in [-0.2, 0) is 4.79 Å². The third-order valence-electron chi connectivity index (χ3n) is 6.19. The molecule has 3 aromatic carbocycles.